The van der Waals surface area contributed by atoms with E-state index in [1.54, 1.807) is 12.1 Å². The van der Waals surface area contributed by atoms with Crippen LogP contribution in [0, 0.1) is 12.3 Å². The maximum absolute atomic E-state index is 12.5. The van der Waals surface area contributed by atoms with Gasteiger partial charge in [0.2, 0.25) is 0 Å². The molecule has 8 heteroatoms. The molecule has 1 aromatic rings. The van der Waals surface area contributed by atoms with Crippen molar-refractivity contribution in [3.05, 3.63) is 44.9 Å². The lowest BCUT2D eigenvalue weighted by molar-refractivity contribution is -0.128. The molecule has 0 saturated carbocycles. The van der Waals surface area contributed by atoms with E-state index in [1.807, 2.05) is 0 Å². The minimum atomic E-state index is -0.546. The SMILES string of the molecule is C#CCOc1c(Br)cc(/C=C2\C(=O)NC(=S)N(CC=C)C2=O)cc1Br. The first-order valence-electron chi connectivity index (χ1n) is 6.94. The highest BCUT2D eigenvalue weighted by atomic mass is 79.9. The van der Waals surface area contributed by atoms with E-state index >= 15 is 0 Å². The molecule has 1 N–H and O–H groups in total. The van der Waals surface area contributed by atoms with E-state index in [2.05, 4.69) is 49.7 Å². The third-order valence-corrected chi connectivity index (χ3v) is 4.63. The summed E-state index contributed by atoms with van der Waals surface area (Å²) in [4.78, 5) is 25.9. The van der Waals surface area contributed by atoms with Gasteiger partial charge in [-0.2, -0.15) is 0 Å². The molecule has 2 amide bonds. The fraction of sp³-hybridized carbons (Fsp3) is 0.118. The minimum Gasteiger partial charge on any atom is -0.479 e. The van der Waals surface area contributed by atoms with Crippen LogP contribution in [0.5, 0.6) is 5.75 Å². The summed E-state index contributed by atoms with van der Waals surface area (Å²) < 4.78 is 6.70. The molecule has 1 heterocycles. The van der Waals surface area contributed by atoms with Crippen LogP contribution in [0.2, 0.25) is 0 Å². The van der Waals surface area contributed by atoms with Gasteiger partial charge < -0.3 is 4.74 Å². The Morgan fingerprint density at radius 3 is 2.56 bits per heavy atom. The molecule has 2 rings (SSSR count). The van der Waals surface area contributed by atoms with E-state index in [9.17, 15) is 9.59 Å². The van der Waals surface area contributed by atoms with Crippen LogP contribution >= 0.6 is 44.1 Å². The number of hydrogen-bond donors (Lipinski definition) is 1. The van der Waals surface area contributed by atoms with E-state index in [0.717, 1.165) is 0 Å². The second kappa shape index (κ2) is 8.43. The zero-order valence-electron chi connectivity index (χ0n) is 12.8. The average Bonchev–Trinajstić information content (AvgIpc) is 2.55. The molecule has 1 aliphatic heterocycles. The van der Waals surface area contributed by atoms with Gasteiger partial charge in [-0.15, -0.1) is 13.0 Å². The first-order chi connectivity index (χ1) is 11.9. The van der Waals surface area contributed by atoms with E-state index in [1.165, 1.54) is 17.1 Å². The molecule has 0 unspecified atom stereocenters. The van der Waals surface area contributed by atoms with Crippen molar-refractivity contribution < 1.29 is 14.3 Å². The van der Waals surface area contributed by atoms with Crippen molar-refractivity contribution in [2.45, 2.75) is 0 Å². The Bertz CT molecular complexity index is 820. The molecule has 5 nitrogen and oxygen atoms in total. The molecule has 1 saturated heterocycles. The molecule has 0 atom stereocenters. The molecule has 1 aliphatic rings. The van der Waals surface area contributed by atoms with Gasteiger partial charge in [0.15, 0.2) is 5.11 Å². The number of rotatable bonds is 5. The van der Waals surface area contributed by atoms with Crippen molar-refractivity contribution in [2.75, 3.05) is 13.2 Å². The van der Waals surface area contributed by atoms with Crippen molar-refractivity contribution in [3.8, 4) is 18.1 Å². The summed E-state index contributed by atoms with van der Waals surface area (Å²) in [7, 11) is 0. The molecule has 0 aliphatic carbocycles. The highest BCUT2D eigenvalue weighted by Gasteiger charge is 2.32. The van der Waals surface area contributed by atoms with Crippen molar-refractivity contribution in [2.24, 2.45) is 0 Å². The van der Waals surface area contributed by atoms with Crippen molar-refractivity contribution in [1.29, 1.82) is 0 Å². The van der Waals surface area contributed by atoms with Crippen LogP contribution in [-0.2, 0) is 9.59 Å². The molecule has 128 valence electrons. The molecule has 0 spiro atoms. The summed E-state index contributed by atoms with van der Waals surface area (Å²) in [5.41, 5.74) is 0.600. The second-order valence-corrected chi connectivity index (χ2v) is 6.92. The summed E-state index contributed by atoms with van der Waals surface area (Å²) in [6.07, 6.45) is 8.20. The molecule has 0 aromatic heterocycles. The Morgan fingerprint density at radius 1 is 1.36 bits per heavy atom. The van der Waals surface area contributed by atoms with Gasteiger partial charge in [-0.25, -0.2) is 0 Å². The van der Waals surface area contributed by atoms with Crippen molar-refractivity contribution >= 4 is 67.1 Å². The van der Waals surface area contributed by atoms with Gasteiger partial charge in [0.25, 0.3) is 11.8 Å². The summed E-state index contributed by atoms with van der Waals surface area (Å²) in [6.45, 7) is 3.91. The largest absolute Gasteiger partial charge is 0.479 e. The number of benzene rings is 1. The van der Waals surface area contributed by atoms with E-state index in [-0.39, 0.29) is 23.8 Å². The number of nitrogens with zero attached hydrogens (tertiary/aromatic N) is 1. The summed E-state index contributed by atoms with van der Waals surface area (Å²) >= 11 is 11.8. The van der Waals surface area contributed by atoms with Crippen LogP contribution in [0.1, 0.15) is 5.56 Å². The topological polar surface area (TPSA) is 58.6 Å². The van der Waals surface area contributed by atoms with Gasteiger partial charge in [0.05, 0.1) is 8.95 Å². The first-order valence-corrected chi connectivity index (χ1v) is 8.93. The molecule has 0 bridgehead atoms. The number of halogens is 2. The monoisotopic (exact) mass is 482 g/mol. The van der Waals surface area contributed by atoms with Gasteiger partial charge in [0.1, 0.15) is 17.9 Å². The minimum absolute atomic E-state index is 0.0217. The van der Waals surface area contributed by atoms with E-state index in [0.29, 0.717) is 20.3 Å². The number of carbonyl (C=O) groups excluding carboxylic acids is 2. The summed E-state index contributed by atoms with van der Waals surface area (Å²) in [6, 6.07) is 3.43. The number of amides is 2. The maximum Gasteiger partial charge on any atom is 0.265 e. The van der Waals surface area contributed by atoms with Gasteiger partial charge in [-0.05, 0) is 67.8 Å². The average molecular weight is 484 g/mol. The second-order valence-electron chi connectivity index (χ2n) is 4.83. The molecule has 1 fully saturated rings. The first kappa shape index (κ1) is 19.4. The highest BCUT2D eigenvalue weighted by Crippen LogP contribution is 2.35. The van der Waals surface area contributed by atoms with Crippen LogP contribution in [0.4, 0.5) is 0 Å². The molecule has 25 heavy (non-hydrogen) atoms. The number of hydrogen-bond acceptors (Lipinski definition) is 4. The summed E-state index contributed by atoms with van der Waals surface area (Å²) in [5.74, 6) is 1.90. The zero-order valence-corrected chi connectivity index (χ0v) is 16.8. The smallest absolute Gasteiger partial charge is 0.265 e. The third kappa shape index (κ3) is 4.37. The Morgan fingerprint density at radius 2 is 2.00 bits per heavy atom. The standard InChI is InChI=1S/C17H12Br2N2O3S/c1-3-5-21-16(23)11(15(22)20-17(21)25)7-10-8-12(18)14(13(19)9-10)24-6-4-2/h2-3,7-9H,1,5-6H2,(H,20,22,25)/b11-7+. The third-order valence-electron chi connectivity index (χ3n) is 3.13. The molecule has 1 aromatic carbocycles. The van der Waals surface area contributed by atoms with Crippen LogP contribution in [0.25, 0.3) is 6.08 Å². The maximum atomic E-state index is 12.5. The molecular formula is C17H12Br2N2O3S. The Labute approximate surface area is 167 Å². The van der Waals surface area contributed by atoms with Gasteiger partial charge in [-0.3, -0.25) is 19.8 Å². The van der Waals surface area contributed by atoms with Crippen LogP contribution in [0.15, 0.2) is 39.3 Å². The van der Waals surface area contributed by atoms with Crippen molar-refractivity contribution in [3.63, 3.8) is 0 Å². The molecule has 0 radical (unpaired) electrons. The predicted octanol–water partition coefficient (Wildman–Crippen LogP) is 3.04. The van der Waals surface area contributed by atoms with Gasteiger partial charge >= 0.3 is 0 Å². The Hall–Kier alpha value is -1.95. The highest BCUT2D eigenvalue weighted by molar-refractivity contribution is 9.11. The lowest BCUT2D eigenvalue weighted by atomic mass is 10.1. The summed E-state index contributed by atoms with van der Waals surface area (Å²) in [5, 5.41) is 2.56. The number of terminal acetylenes is 1. The van der Waals surface area contributed by atoms with Gasteiger partial charge in [-0.1, -0.05) is 12.0 Å². The lowest BCUT2D eigenvalue weighted by Crippen LogP contribution is -2.53. The number of nitrogens with one attached hydrogen (secondary N) is 1. The fourth-order valence-corrected chi connectivity index (χ4v) is 3.77. The number of carbonyl (C=O) groups is 2. The van der Waals surface area contributed by atoms with E-state index in [4.69, 9.17) is 23.4 Å². The van der Waals surface area contributed by atoms with Gasteiger partial charge in [0, 0.05) is 6.54 Å². The predicted molar refractivity (Wildman–Crippen MR) is 107 cm³/mol. The van der Waals surface area contributed by atoms with E-state index < -0.39 is 11.8 Å². The van der Waals surface area contributed by atoms with Crippen molar-refractivity contribution in [1.82, 2.24) is 10.2 Å². The quantitative estimate of drug-likeness (QED) is 0.230. The number of thiocarbonyl (C=S) groups is 1. The Balaban J connectivity index is 2.40. The normalized spacial score (nSPS) is 15.8. The van der Waals surface area contributed by atoms with Crippen LogP contribution < -0.4 is 10.1 Å². The lowest BCUT2D eigenvalue weighted by Gasteiger charge is -2.27. The number of ether oxygens (including phenoxy) is 1. The zero-order chi connectivity index (χ0) is 18.6. The van der Waals surface area contributed by atoms with Crippen LogP contribution in [-0.4, -0.2) is 35.0 Å². The fourth-order valence-electron chi connectivity index (χ4n) is 2.07. The Kier molecular flexibility index (Phi) is 6.53. The van der Waals surface area contributed by atoms with Crippen LogP contribution in [0.3, 0.4) is 0 Å². The molecular weight excluding hydrogens is 472 g/mol.